The van der Waals surface area contributed by atoms with Crippen LogP contribution in [-0.4, -0.2) is 49.8 Å². The first kappa shape index (κ1) is 15.9. The standard InChI is InChI=1S/C15H19F2NO3/c1-10-7-12(14(17)8-13(10)16)15(19)21-11(2)9-18-3-5-20-6-4-18/h7-8,11H,3-6,9H2,1-2H3/t11-/m1/s1. The topological polar surface area (TPSA) is 38.8 Å². The van der Waals surface area contributed by atoms with E-state index in [2.05, 4.69) is 4.90 Å². The first-order valence-corrected chi connectivity index (χ1v) is 6.94. The van der Waals surface area contributed by atoms with Crippen LogP contribution in [0.2, 0.25) is 0 Å². The molecule has 0 spiro atoms. The molecule has 0 unspecified atom stereocenters. The van der Waals surface area contributed by atoms with Crippen molar-refractivity contribution in [3.63, 3.8) is 0 Å². The van der Waals surface area contributed by atoms with Crippen LogP contribution in [0.1, 0.15) is 22.8 Å². The van der Waals surface area contributed by atoms with Gasteiger partial charge < -0.3 is 9.47 Å². The van der Waals surface area contributed by atoms with E-state index in [9.17, 15) is 13.6 Å². The quantitative estimate of drug-likeness (QED) is 0.799. The fraction of sp³-hybridized carbons (Fsp3) is 0.533. The lowest BCUT2D eigenvalue weighted by Gasteiger charge is -2.28. The Kier molecular flexibility index (Phi) is 5.25. The van der Waals surface area contributed by atoms with E-state index in [0.29, 0.717) is 25.8 Å². The van der Waals surface area contributed by atoms with Crippen LogP contribution in [-0.2, 0) is 9.47 Å². The first-order valence-electron chi connectivity index (χ1n) is 6.94. The summed E-state index contributed by atoms with van der Waals surface area (Å²) in [6, 6.07) is 1.88. The van der Waals surface area contributed by atoms with Gasteiger partial charge in [0, 0.05) is 25.7 Å². The second-order valence-corrected chi connectivity index (χ2v) is 5.21. The zero-order valence-electron chi connectivity index (χ0n) is 12.2. The van der Waals surface area contributed by atoms with Gasteiger partial charge in [0.1, 0.15) is 17.7 Å². The lowest BCUT2D eigenvalue weighted by Crippen LogP contribution is -2.41. The third kappa shape index (κ3) is 4.22. The zero-order chi connectivity index (χ0) is 15.4. The first-order chi connectivity index (χ1) is 9.97. The van der Waals surface area contributed by atoms with Crippen molar-refractivity contribution >= 4 is 5.97 Å². The van der Waals surface area contributed by atoms with Crippen LogP contribution in [0.3, 0.4) is 0 Å². The molecule has 0 radical (unpaired) electrons. The van der Waals surface area contributed by atoms with Gasteiger partial charge >= 0.3 is 5.97 Å². The van der Waals surface area contributed by atoms with Crippen LogP contribution in [0.25, 0.3) is 0 Å². The molecule has 21 heavy (non-hydrogen) atoms. The predicted octanol–water partition coefficient (Wildman–Crippen LogP) is 2.15. The Balaban J connectivity index is 1.95. The van der Waals surface area contributed by atoms with Crippen molar-refractivity contribution in [1.29, 1.82) is 0 Å². The van der Waals surface area contributed by atoms with Crippen molar-refractivity contribution in [1.82, 2.24) is 4.90 Å². The van der Waals surface area contributed by atoms with Crippen molar-refractivity contribution in [3.8, 4) is 0 Å². The van der Waals surface area contributed by atoms with E-state index in [1.165, 1.54) is 13.0 Å². The largest absolute Gasteiger partial charge is 0.458 e. The molecule has 0 aromatic heterocycles. The van der Waals surface area contributed by atoms with Crippen molar-refractivity contribution in [3.05, 3.63) is 34.9 Å². The number of rotatable bonds is 4. The van der Waals surface area contributed by atoms with Crippen molar-refractivity contribution < 1.29 is 23.0 Å². The minimum atomic E-state index is -0.901. The number of morpholine rings is 1. The van der Waals surface area contributed by atoms with Gasteiger partial charge in [0.25, 0.3) is 0 Å². The number of benzene rings is 1. The van der Waals surface area contributed by atoms with Gasteiger partial charge in [-0.25, -0.2) is 13.6 Å². The Morgan fingerprint density at radius 2 is 2.00 bits per heavy atom. The summed E-state index contributed by atoms with van der Waals surface area (Å²) < 4.78 is 37.3. The Morgan fingerprint density at radius 3 is 2.67 bits per heavy atom. The maximum Gasteiger partial charge on any atom is 0.341 e. The highest BCUT2D eigenvalue weighted by atomic mass is 19.1. The molecular weight excluding hydrogens is 280 g/mol. The van der Waals surface area contributed by atoms with Gasteiger partial charge in [-0.2, -0.15) is 0 Å². The molecule has 1 fully saturated rings. The normalized spacial score (nSPS) is 17.5. The predicted molar refractivity (Wildman–Crippen MR) is 73.2 cm³/mol. The van der Waals surface area contributed by atoms with Gasteiger partial charge in [-0.05, 0) is 25.5 Å². The molecule has 2 rings (SSSR count). The molecular formula is C15H19F2NO3. The van der Waals surface area contributed by atoms with Gasteiger partial charge in [-0.1, -0.05) is 0 Å². The summed E-state index contributed by atoms with van der Waals surface area (Å²) in [7, 11) is 0. The average Bonchev–Trinajstić information content (AvgIpc) is 2.43. The van der Waals surface area contributed by atoms with Crippen LogP contribution >= 0.6 is 0 Å². The Morgan fingerprint density at radius 1 is 1.33 bits per heavy atom. The van der Waals surface area contributed by atoms with Gasteiger partial charge in [-0.15, -0.1) is 0 Å². The van der Waals surface area contributed by atoms with Gasteiger partial charge in [0.05, 0.1) is 18.8 Å². The lowest BCUT2D eigenvalue weighted by molar-refractivity contribution is 0.000203. The molecule has 0 aliphatic carbocycles. The second kappa shape index (κ2) is 6.95. The number of hydrogen-bond acceptors (Lipinski definition) is 4. The van der Waals surface area contributed by atoms with E-state index in [1.807, 2.05) is 0 Å². The Bertz CT molecular complexity index is 516. The molecule has 1 atom stereocenters. The number of carbonyl (C=O) groups is 1. The average molecular weight is 299 g/mol. The summed E-state index contributed by atoms with van der Waals surface area (Å²) in [6.07, 6.45) is -0.375. The van der Waals surface area contributed by atoms with Crippen molar-refractivity contribution in [2.45, 2.75) is 20.0 Å². The molecule has 1 aromatic rings. The fourth-order valence-corrected chi connectivity index (χ4v) is 2.24. The van der Waals surface area contributed by atoms with Gasteiger partial charge in [0.2, 0.25) is 0 Å². The molecule has 1 heterocycles. The molecule has 0 N–H and O–H groups in total. The van der Waals surface area contributed by atoms with Crippen LogP contribution in [0.4, 0.5) is 8.78 Å². The van der Waals surface area contributed by atoms with Crippen LogP contribution in [0.5, 0.6) is 0 Å². The highest BCUT2D eigenvalue weighted by Gasteiger charge is 2.20. The number of halogens is 2. The van der Waals surface area contributed by atoms with Gasteiger partial charge in [0.15, 0.2) is 0 Å². The summed E-state index contributed by atoms with van der Waals surface area (Å²) in [5.74, 6) is -2.34. The minimum absolute atomic E-state index is 0.212. The highest BCUT2D eigenvalue weighted by Crippen LogP contribution is 2.16. The highest BCUT2D eigenvalue weighted by molar-refractivity contribution is 5.90. The number of aryl methyl sites for hydroxylation is 1. The molecule has 1 aliphatic heterocycles. The van der Waals surface area contributed by atoms with Crippen LogP contribution in [0, 0.1) is 18.6 Å². The van der Waals surface area contributed by atoms with Crippen LogP contribution in [0.15, 0.2) is 12.1 Å². The number of esters is 1. The maximum atomic E-state index is 13.6. The zero-order valence-corrected chi connectivity index (χ0v) is 12.2. The second-order valence-electron chi connectivity index (χ2n) is 5.21. The monoisotopic (exact) mass is 299 g/mol. The van der Waals surface area contributed by atoms with E-state index in [0.717, 1.165) is 13.1 Å². The fourth-order valence-electron chi connectivity index (χ4n) is 2.24. The third-order valence-corrected chi connectivity index (χ3v) is 3.40. The van der Waals surface area contributed by atoms with E-state index in [4.69, 9.17) is 9.47 Å². The number of ether oxygens (including phenoxy) is 2. The third-order valence-electron chi connectivity index (χ3n) is 3.40. The number of nitrogens with zero attached hydrogens (tertiary/aromatic N) is 1. The Hall–Kier alpha value is -1.53. The van der Waals surface area contributed by atoms with Crippen molar-refractivity contribution in [2.24, 2.45) is 0 Å². The van der Waals surface area contributed by atoms with E-state index >= 15 is 0 Å². The van der Waals surface area contributed by atoms with Crippen molar-refractivity contribution in [2.75, 3.05) is 32.8 Å². The molecule has 0 amide bonds. The molecule has 1 aliphatic rings. The van der Waals surface area contributed by atoms with E-state index < -0.39 is 17.6 Å². The smallest absolute Gasteiger partial charge is 0.341 e. The molecule has 6 heteroatoms. The minimum Gasteiger partial charge on any atom is -0.458 e. The summed E-state index contributed by atoms with van der Waals surface area (Å²) in [6.45, 7) is 6.68. The molecule has 1 aromatic carbocycles. The Labute approximate surface area is 122 Å². The SMILES string of the molecule is Cc1cc(C(=O)O[C@H](C)CN2CCOCC2)c(F)cc1F. The molecule has 1 saturated heterocycles. The summed E-state index contributed by atoms with van der Waals surface area (Å²) in [5.41, 5.74) is -0.0214. The lowest BCUT2D eigenvalue weighted by atomic mass is 10.1. The van der Waals surface area contributed by atoms with E-state index in [-0.39, 0.29) is 17.2 Å². The maximum absolute atomic E-state index is 13.6. The summed E-state index contributed by atoms with van der Waals surface area (Å²) in [4.78, 5) is 14.1. The van der Waals surface area contributed by atoms with Gasteiger partial charge in [-0.3, -0.25) is 4.90 Å². The number of hydrogen-bond donors (Lipinski definition) is 0. The number of carbonyl (C=O) groups excluding carboxylic acids is 1. The molecule has 0 bridgehead atoms. The molecule has 4 nitrogen and oxygen atoms in total. The van der Waals surface area contributed by atoms with Crippen LogP contribution < -0.4 is 0 Å². The molecule has 116 valence electrons. The summed E-state index contributed by atoms with van der Waals surface area (Å²) >= 11 is 0. The summed E-state index contributed by atoms with van der Waals surface area (Å²) in [5, 5.41) is 0. The molecule has 0 saturated carbocycles. The van der Waals surface area contributed by atoms with E-state index in [1.54, 1.807) is 6.92 Å².